The zero-order valence-corrected chi connectivity index (χ0v) is 10.9. The van der Waals surface area contributed by atoms with Crippen LogP contribution in [0.2, 0.25) is 0 Å². The molecular weight excluding hydrogens is 330 g/mol. The van der Waals surface area contributed by atoms with Crippen LogP contribution in [0.15, 0.2) is 26.0 Å². The van der Waals surface area contributed by atoms with E-state index in [1.165, 1.54) is 4.57 Å². The summed E-state index contributed by atoms with van der Waals surface area (Å²) in [7, 11) is 0. The highest BCUT2D eigenvalue weighted by Crippen LogP contribution is 2.13. The summed E-state index contributed by atoms with van der Waals surface area (Å²) in [4.78, 5) is 21.8. The first-order valence-corrected chi connectivity index (χ1v) is 5.86. The van der Waals surface area contributed by atoms with Crippen LogP contribution < -0.4 is 5.56 Å². The van der Waals surface area contributed by atoms with Gasteiger partial charge in [0, 0.05) is 23.6 Å². The highest BCUT2D eigenvalue weighted by molar-refractivity contribution is 9.11. The predicted octanol–water partition coefficient (Wildman–Crippen LogP) is 2.24. The summed E-state index contributed by atoms with van der Waals surface area (Å²) >= 11 is 6.40. The maximum Gasteiger partial charge on any atom is 0.303 e. The number of carbonyl (C=O) groups is 1. The van der Waals surface area contributed by atoms with Gasteiger partial charge in [-0.05, 0) is 44.3 Å². The van der Waals surface area contributed by atoms with E-state index < -0.39 is 5.97 Å². The van der Waals surface area contributed by atoms with Gasteiger partial charge in [-0.2, -0.15) is 0 Å². The van der Waals surface area contributed by atoms with E-state index in [1.54, 1.807) is 12.3 Å². The monoisotopic (exact) mass is 337 g/mol. The Morgan fingerprint density at radius 3 is 2.73 bits per heavy atom. The maximum atomic E-state index is 11.5. The van der Waals surface area contributed by atoms with Gasteiger partial charge in [-0.1, -0.05) is 0 Å². The minimum absolute atomic E-state index is 0.0660. The Hall–Kier alpha value is -0.620. The van der Waals surface area contributed by atoms with Crippen LogP contribution in [0.1, 0.15) is 12.8 Å². The molecule has 0 spiro atoms. The van der Waals surface area contributed by atoms with Crippen LogP contribution >= 0.6 is 31.9 Å². The van der Waals surface area contributed by atoms with Crippen LogP contribution in [0, 0.1) is 0 Å². The number of pyridine rings is 1. The average Bonchev–Trinajstić information content (AvgIpc) is 2.12. The van der Waals surface area contributed by atoms with E-state index in [1.807, 2.05) is 0 Å². The normalized spacial score (nSPS) is 10.3. The molecule has 0 atom stereocenters. The number of aromatic nitrogens is 1. The zero-order chi connectivity index (χ0) is 11.4. The van der Waals surface area contributed by atoms with Gasteiger partial charge in [0.25, 0.3) is 5.56 Å². The quantitative estimate of drug-likeness (QED) is 0.915. The molecule has 0 amide bonds. The molecule has 0 aliphatic heterocycles. The lowest BCUT2D eigenvalue weighted by atomic mass is 10.3. The second-order valence-corrected chi connectivity index (χ2v) is 4.77. The molecular formula is C9H9Br2NO3. The molecule has 0 aliphatic carbocycles. The Bertz CT molecular complexity index is 428. The van der Waals surface area contributed by atoms with E-state index in [4.69, 9.17) is 5.11 Å². The molecule has 0 saturated carbocycles. The summed E-state index contributed by atoms with van der Waals surface area (Å²) in [5, 5.41) is 8.46. The molecule has 15 heavy (non-hydrogen) atoms. The molecule has 1 heterocycles. The summed E-state index contributed by atoms with van der Waals surface area (Å²) in [6.45, 7) is 0.406. The molecule has 1 aromatic rings. The fourth-order valence-electron chi connectivity index (χ4n) is 1.13. The number of hydrogen-bond donors (Lipinski definition) is 1. The van der Waals surface area contributed by atoms with E-state index in [-0.39, 0.29) is 12.0 Å². The molecule has 0 aromatic carbocycles. The van der Waals surface area contributed by atoms with Gasteiger partial charge in [-0.3, -0.25) is 9.59 Å². The van der Waals surface area contributed by atoms with Gasteiger partial charge < -0.3 is 9.67 Å². The van der Waals surface area contributed by atoms with Crippen LogP contribution in [-0.2, 0) is 11.3 Å². The van der Waals surface area contributed by atoms with Crippen molar-refractivity contribution in [3.63, 3.8) is 0 Å². The van der Waals surface area contributed by atoms with Crippen molar-refractivity contribution in [2.24, 2.45) is 0 Å². The molecule has 82 valence electrons. The van der Waals surface area contributed by atoms with E-state index >= 15 is 0 Å². The van der Waals surface area contributed by atoms with E-state index in [0.29, 0.717) is 17.4 Å². The second kappa shape index (κ2) is 5.46. The summed E-state index contributed by atoms with van der Waals surface area (Å²) < 4.78 is 2.73. The number of halogens is 2. The van der Waals surface area contributed by atoms with E-state index in [9.17, 15) is 9.59 Å². The molecule has 1 N–H and O–H groups in total. The Kier molecular flexibility index (Phi) is 4.53. The van der Waals surface area contributed by atoms with Crippen LogP contribution in [0.3, 0.4) is 0 Å². The largest absolute Gasteiger partial charge is 0.481 e. The topological polar surface area (TPSA) is 59.3 Å². The number of aliphatic carboxylic acids is 1. The maximum absolute atomic E-state index is 11.5. The van der Waals surface area contributed by atoms with Gasteiger partial charge in [-0.25, -0.2) is 0 Å². The first-order valence-electron chi connectivity index (χ1n) is 4.28. The van der Waals surface area contributed by atoms with Crippen molar-refractivity contribution in [1.29, 1.82) is 0 Å². The first kappa shape index (κ1) is 12.4. The molecule has 1 rings (SSSR count). The minimum atomic E-state index is -0.850. The molecule has 0 fully saturated rings. The number of carboxylic acid groups (broad SMARTS) is 1. The lowest BCUT2D eigenvalue weighted by Gasteiger charge is -2.05. The van der Waals surface area contributed by atoms with Crippen molar-refractivity contribution in [3.05, 3.63) is 31.6 Å². The van der Waals surface area contributed by atoms with Crippen molar-refractivity contribution in [1.82, 2.24) is 4.57 Å². The lowest BCUT2D eigenvalue weighted by Crippen LogP contribution is -2.20. The summed E-state index contributed by atoms with van der Waals surface area (Å²) in [5.74, 6) is -0.850. The van der Waals surface area contributed by atoms with Gasteiger partial charge in [0.1, 0.15) is 0 Å². The third kappa shape index (κ3) is 3.79. The molecule has 0 radical (unpaired) electrons. The van der Waals surface area contributed by atoms with Crippen LogP contribution in [-0.4, -0.2) is 15.6 Å². The predicted molar refractivity (Wildman–Crippen MR) is 63.0 cm³/mol. The minimum Gasteiger partial charge on any atom is -0.481 e. The van der Waals surface area contributed by atoms with Crippen molar-refractivity contribution in [3.8, 4) is 0 Å². The average molecular weight is 339 g/mol. The first-order chi connectivity index (χ1) is 7.00. The smallest absolute Gasteiger partial charge is 0.303 e. The fraction of sp³-hybridized carbons (Fsp3) is 0.333. The third-order valence-electron chi connectivity index (χ3n) is 1.80. The Labute approximate surface area is 103 Å². The van der Waals surface area contributed by atoms with Crippen LogP contribution in [0.4, 0.5) is 0 Å². The van der Waals surface area contributed by atoms with Gasteiger partial charge in [-0.15, -0.1) is 0 Å². The Morgan fingerprint density at radius 2 is 2.13 bits per heavy atom. The standard InChI is InChI=1S/C9H9Br2NO3/c10-6-4-7(11)9(15)12(5-6)3-1-2-8(13)14/h4-5H,1-3H2,(H,13,14). The van der Waals surface area contributed by atoms with Gasteiger partial charge in [0.05, 0.1) is 4.47 Å². The third-order valence-corrected chi connectivity index (χ3v) is 2.80. The van der Waals surface area contributed by atoms with Gasteiger partial charge in [0.15, 0.2) is 0 Å². The van der Waals surface area contributed by atoms with E-state index in [0.717, 1.165) is 4.47 Å². The van der Waals surface area contributed by atoms with Crippen molar-refractivity contribution in [2.75, 3.05) is 0 Å². The van der Waals surface area contributed by atoms with Crippen LogP contribution in [0.25, 0.3) is 0 Å². The van der Waals surface area contributed by atoms with Crippen LogP contribution in [0.5, 0.6) is 0 Å². The number of nitrogens with zero attached hydrogens (tertiary/aromatic N) is 1. The number of carboxylic acids is 1. The number of hydrogen-bond acceptors (Lipinski definition) is 2. The highest BCUT2D eigenvalue weighted by atomic mass is 79.9. The molecule has 6 heteroatoms. The summed E-state index contributed by atoms with van der Waals surface area (Å²) in [5.41, 5.74) is -0.149. The SMILES string of the molecule is O=C(O)CCCn1cc(Br)cc(Br)c1=O. The van der Waals surface area contributed by atoms with Crippen molar-refractivity contribution >= 4 is 37.8 Å². The molecule has 1 aromatic heterocycles. The summed E-state index contributed by atoms with van der Waals surface area (Å²) in [6.07, 6.45) is 2.16. The summed E-state index contributed by atoms with van der Waals surface area (Å²) in [6, 6.07) is 1.66. The molecule has 4 nitrogen and oxygen atoms in total. The van der Waals surface area contributed by atoms with E-state index in [2.05, 4.69) is 31.9 Å². The number of aryl methyl sites for hydroxylation is 1. The Morgan fingerprint density at radius 1 is 1.47 bits per heavy atom. The van der Waals surface area contributed by atoms with Crippen molar-refractivity contribution in [2.45, 2.75) is 19.4 Å². The second-order valence-electron chi connectivity index (χ2n) is 3.00. The van der Waals surface area contributed by atoms with Gasteiger partial charge in [0.2, 0.25) is 0 Å². The van der Waals surface area contributed by atoms with Crippen molar-refractivity contribution < 1.29 is 9.90 Å². The van der Waals surface area contributed by atoms with Gasteiger partial charge >= 0.3 is 5.97 Å². The fourth-order valence-corrected chi connectivity index (χ4v) is 2.39. The molecule has 0 bridgehead atoms. The Balaban J connectivity index is 2.77. The zero-order valence-electron chi connectivity index (χ0n) is 7.74. The molecule has 0 saturated heterocycles. The molecule has 0 unspecified atom stereocenters. The lowest BCUT2D eigenvalue weighted by molar-refractivity contribution is -0.137. The number of rotatable bonds is 4. The highest BCUT2D eigenvalue weighted by Gasteiger charge is 2.04. The molecule has 0 aliphatic rings.